The number of hydrogen-bond donors (Lipinski definition) is 1. The Morgan fingerprint density at radius 3 is 2.76 bits per heavy atom. The van der Waals surface area contributed by atoms with E-state index < -0.39 is 12.0 Å². The van der Waals surface area contributed by atoms with Gasteiger partial charge >= 0.3 is 6.18 Å². The van der Waals surface area contributed by atoms with Crippen LogP contribution in [0.1, 0.15) is 11.5 Å². The number of fused-ring (bicyclic) bond motifs is 1. The van der Waals surface area contributed by atoms with Crippen LogP contribution in [0.3, 0.4) is 0 Å². The molecule has 1 aromatic carbocycles. The molecule has 1 N–H and O–H groups in total. The van der Waals surface area contributed by atoms with Crippen molar-refractivity contribution >= 4 is 27.5 Å². The van der Waals surface area contributed by atoms with E-state index in [2.05, 4.69) is 36.3 Å². The molecule has 3 rings (SSSR count). The smallest absolute Gasteiger partial charge is 0.453 e. The van der Waals surface area contributed by atoms with Gasteiger partial charge in [-0.15, -0.1) is 5.10 Å². The van der Waals surface area contributed by atoms with Crippen LogP contribution in [-0.4, -0.2) is 32.7 Å². The molecular formula is C15H13BrF3N5O. The van der Waals surface area contributed by atoms with Gasteiger partial charge in [0, 0.05) is 16.2 Å². The minimum Gasteiger partial charge on any atom is -0.492 e. The van der Waals surface area contributed by atoms with Gasteiger partial charge in [0.2, 0.25) is 0 Å². The molecule has 0 aliphatic rings. The van der Waals surface area contributed by atoms with Gasteiger partial charge in [-0.25, -0.2) is 4.98 Å². The van der Waals surface area contributed by atoms with Gasteiger partial charge in [-0.1, -0.05) is 22.0 Å². The van der Waals surface area contributed by atoms with E-state index in [1.807, 2.05) is 24.3 Å². The van der Waals surface area contributed by atoms with E-state index in [-0.39, 0.29) is 5.78 Å². The predicted molar refractivity (Wildman–Crippen MR) is 88.6 cm³/mol. The molecular weight excluding hydrogens is 403 g/mol. The molecule has 10 heteroatoms. The summed E-state index contributed by atoms with van der Waals surface area (Å²) in [5, 5.41) is 6.48. The Morgan fingerprint density at radius 2 is 2.04 bits per heavy atom. The minimum absolute atomic E-state index is 0.109. The third kappa shape index (κ3) is 4.19. The minimum atomic E-state index is -4.62. The number of aryl methyl sites for hydroxylation is 1. The normalized spacial score (nSPS) is 11.7. The Balaban J connectivity index is 1.71. The standard InChI is InChI=1S/C15H13BrF3N5O/c1-9-7-12(20-5-6-25-11-4-2-3-10(16)8-11)24-14(21-9)22-13(23-24)15(17,18)19/h2-4,7-8,20H,5-6H2,1H3. The topological polar surface area (TPSA) is 64.3 Å². The first-order valence-electron chi connectivity index (χ1n) is 7.27. The lowest BCUT2D eigenvalue weighted by Crippen LogP contribution is -2.15. The Hall–Kier alpha value is -2.36. The highest BCUT2D eigenvalue weighted by Gasteiger charge is 2.36. The van der Waals surface area contributed by atoms with E-state index in [9.17, 15) is 13.2 Å². The largest absolute Gasteiger partial charge is 0.492 e. The predicted octanol–water partition coefficient (Wildman–Crippen LogP) is 3.70. The first-order valence-corrected chi connectivity index (χ1v) is 8.06. The number of benzene rings is 1. The zero-order valence-electron chi connectivity index (χ0n) is 13.0. The second-order valence-electron chi connectivity index (χ2n) is 5.16. The number of aromatic nitrogens is 4. The number of ether oxygens (including phenoxy) is 1. The fourth-order valence-corrected chi connectivity index (χ4v) is 2.52. The van der Waals surface area contributed by atoms with Gasteiger partial charge in [0.1, 0.15) is 18.2 Å². The van der Waals surface area contributed by atoms with E-state index in [1.165, 1.54) is 0 Å². The maximum Gasteiger partial charge on any atom is 0.453 e. The Bertz CT molecular complexity index is 896. The third-order valence-electron chi connectivity index (χ3n) is 3.17. The van der Waals surface area contributed by atoms with Gasteiger partial charge in [0.05, 0.1) is 6.54 Å². The van der Waals surface area contributed by atoms with E-state index >= 15 is 0 Å². The van der Waals surface area contributed by atoms with Gasteiger partial charge in [-0.05, 0) is 25.1 Å². The van der Waals surface area contributed by atoms with Crippen LogP contribution in [0.15, 0.2) is 34.8 Å². The molecule has 0 fully saturated rings. The van der Waals surface area contributed by atoms with Crippen molar-refractivity contribution in [2.45, 2.75) is 13.1 Å². The molecule has 0 unspecified atom stereocenters. The quantitative estimate of drug-likeness (QED) is 0.643. The van der Waals surface area contributed by atoms with E-state index in [4.69, 9.17) is 4.74 Å². The van der Waals surface area contributed by atoms with Gasteiger partial charge in [0.25, 0.3) is 11.6 Å². The first-order chi connectivity index (χ1) is 11.8. The van der Waals surface area contributed by atoms with Crippen LogP contribution < -0.4 is 10.1 Å². The SMILES string of the molecule is Cc1cc(NCCOc2cccc(Br)c2)n2nc(C(F)(F)F)nc2n1. The van der Waals surface area contributed by atoms with Gasteiger partial charge < -0.3 is 10.1 Å². The number of anilines is 1. The summed E-state index contributed by atoms with van der Waals surface area (Å²) in [5.74, 6) is -0.280. The second kappa shape index (κ2) is 6.87. The summed E-state index contributed by atoms with van der Waals surface area (Å²) in [6.45, 7) is 2.36. The van der Waals surface area contributed by atoms with Crippen LogP contribution in [0.4, 0.5) is 19.0 Å². The van der Waals surface area contributed by atoms with Crippen molar-refractivity contribution in [2.75, 3.05) is 18.5 Å². The fourth-order valence-electron chi connectivity index (χ4n) is 2.14. The molecule has 0 atom stereocenters. The van der Waals surface area contributed by atoms with Gasteiger partial charge in [-0.3, -0.25) is 0 Å². The van der Waals surface area contributed by atoms with Crippen LogP contribution in [0.2, 0.25) is 0 Å². The second-order valence-corrected chi connectivity index (χ2v) is 6.08. The van der Waals surface area contributed by atoms with Crippen LogP contribution in [0.25, 0.3) is 5.78 Å². The zero-order chi connectivity index (χ0) is 18.0. The maximum atomic E-state index is 12.8. The first kappa shape index (κ1) is 17.5. The zero-order valence-corrected chi connectivity index (χ0v) is 14.6. The molecule has 0 saturated carbocycles. The number of rotatable bonds is 5. The molecule has 0 spiro atoms. The van der Waals surface area contributed by atoms with Gasteiger partial charge in [-0.2, -0.15) is 22.7 Å². The maximum absolute atomic E-state index is 12.8. The molecule has 0 bridgehead atoms. The highest BCUT2D eigenvalue weighted by molar-refractivity contribution is 9.10. The number of hydrogen-bond acceptors (Lipinski definition) is 5. The molecule has 25 heavy (non-hydrogen) atoms. The summed E-state index contributed by atoms with van der Waals surface area (Å²) in [7, 11) is 0. The van der Waals surface area contributed by atoms with Crippen LogP contribution >= 0.6 is 15.9 Å². The third-order valence-corrected chi connectivity index (χ3v) is 3.66. The average Bonchev–Trinajstić information content (AvgIpc) is 2.95. The van der Waals surface area contributed by atoms with Crippen LogP contribution in [-0.2, 0) is 6.18 Å². The van der Waals surface area contributed by atoms with Gasteiger partial charge in [0.15, 0.2) is 0 Å². The lowest BCUT2D eigenvalue weighted by Gasteiger charge is -2.10. The Kier molecular flexibility index (Phi) is 4.80. The van der Waals surface area contributed by atoms with E-state index in [0.717, 1.165) is 8.99 Å². The van der Waals surface area contributed by atoms with Crippen LogP contribution in [0.5, 0.6) is 5.75 Å². The molecule has 0 aliphatic heterocycles. The summed E-state index contributed by atoms with van der Waals surface area (Å²) in [6.07, 6.45) is -4.62. The number of nitrogens with one attached hydrogen (secondary N) is 1. The molecule has 0 amide bonds. The highest BCUT2D eigenvalue weighted by atomic mass is 79.9. The van der Waals surface area contributed by atoms with Crippen molar-refractivity contribution in [3.05, 3.63) is 46.3 Å². The van der Waals surface area contributed by atoms with Crippen molar-refractivity contribution in [3.8, 4) is 5.75 Å². The summed E-state index contributed by atoms with van der Waals surface area (Å²) in [4.78, 5) is 7.40. The summed E-state index contributed by atoms with van der Waals surface area (Å²) in [6, 6.07) is 8.95. The van der Waals surface area contributed by atoms with Crippen LogP contribution in [0, 0.1) is 6.92 Å². The molecule has 132 valence electrons. The molecule has 0 saturated heterocycles. The van der Waals surface area contributed by atoms with E-state index in [0.29, 0.717) is 30.4 Å². The Morgan fingerprint density at radius 1 is 1.24 bits per heavy atom. The van der Waals surface area contributed by atoms with Crippen molar-refractivity contribution < 1.29 is 17.9 Å². The number of nitrogens with zero attached hydrogens (tertiary/aromatic N) is 4. The number of halogens is 4. The molecule has 2 aromatic heterocycles. The molecule has 0 radical (unpaired) electrons. The van der Waals surface area contributed by atoms with Crippen molar-refractivity contribution in [1.82, 2.24) is 19.6 Å². The van der Waals surface area contributed by atoms with Crippen molar-refractivity contribution in [2.24, 2.45) is 0 Å². The lowest BCUT2D eigenvalue weighted by molar-refractivity contribution is -0.144. The molecule has 6 nitrogen and oxygen atoms in total. The molecule has 0 aliphatic carbocycles. The fraction of sp³-hybridized carbons (Fsp3) is 0.267. The number of alkyl halides is 3. The average molecular weight is 416 g/mol. The summed E-state index contributed by atoms with van der Waals surface area (Å²) < 4.78 is 45.8. The molecule has 2 heterocycles. The van der Waals surface area contributed by atoms with Crippen molar-refractivity contribution in [1.29, 1.82) is 0 Å². The lowest BCUT2D eigenvalue weighted by atomic mass is 10.3. The molecule has 3 aromatic rings. The summed E-state index contributed by atoms with van der Waals surface area (Å²) >= 11 is 3.35. The summed E-state index contributed by atoms with van der Waals surface area (Å²) in [5.41, 5.74) is 0.532. The monoisotopic (exact) mass is 415 g/mol. The van der Waals surface area contributed by atoms with E-state index in [1.54, 1.807) is 13.0 Å². The van der Waals surface area contributed by atoms with Crippen molar-refractivity contribution in [3.63, 3.8) is 0 Å². The Labute approximate surface area is 149 Å². The highest BCUT2D eigenvalue weighted by Crippen LogP contribution is 2.27.